The Kier molecular flexibility index (Phi) is 4.98. The molecule has 1 unspecified atom stereocenters. The predicted molar refractivity (Wildman–Crippen MR) is 114 cm³/mol. The zero-order chi connectivity index (χ0) is 17.9. The smallest absolute Gasteiger partial charge is 0.150 e. The van der Waals surface area contributed by atoms with Crippen LogP contribution in [0.25, 0.3) is 21.8 Å². The lowest BCUT2D eigenvalue weighted by molar-refractivity contribution is -0.104. The van der Waals surface area contributed by atoms with Gasteiger partial charge in [-0.05, 0) is 52.5 Å². The average Bonchev–Trinajstić information content (AvgIpc) is 3.28. The number of para-hydroxylation sites is 1. The van der Waals surface area contributed by atoms with Crippen LogP contribution in [0, 0.1) is 0 Å². The van der Waals surface area contributed by atoms with E-state index in [2.05, 4.69) is 64.8 Å². The molecule has 0 radical (unpaired) electrons. The first-order valence-corrected chi connectivity index (χ1v) is 10.9. The van der Waals surface area contributed by atoms with Crippen LogP contribution < -0.4 is 0 Å². The lowest BCUT2D eigenvalue weighted by Crippen LogP contribution is -1.97. The fourth-order valence-electron chi connectivity index (χ4n) is 3.78. The van der Waals surface area contributed by atoms with Gasteiger partial charge in [0.2, 0.25) is 0 Å². The van der Waals surface area contributed by atoms with E-state index in [4.69, 9.17) is 0 Å². The summed E-state index contributed by atoms with van der Waals surface area (Å²) in [7, 11) is -0.504. The minimum absolute atomic E-state index is 0.504. The molecule has 0 spiro atoms. The summed E-state index contributed by atoms with van der Waals surface area (Å²) in [6.45, 7) is 3.33. The van der Waals surface area contributed by atoms with Crippen LogP contribution in [-0.4, -0.2) is 10.9 Å². The number of unbranched alkanes of at least 4 members (excludes halogenated alkanes) is 3. The van der Waals surface area contributed by atoms with Crippen molar-refractivity contribution in [2.24, 2.45) is 0 Å². The Balaban J connectivity index is 1.76. The molecule has 0 aliphatic carbocycles. The normalized spacial score (nSPS) is 17.9. The fourth-order valence-corrected chi connectivity index (χ4v) is 5.52. The molecule has 2 nitrogen and oxygen atoms in total. The van der Waals surface area contributed by atoms with Crippen LogP contribution in [0.4, 0.5) is 0 Å². The summed E-state index contributed by atoms with van der Waals surface area (Å²) < 4.78 is 2.48. The highest BCUT2D eigenvalue weighted by atomic mass is 32.2. The molecule has 3 aromatic rings. The van der Waals surface area contributed by atoms with E-state index in [1.807, 2.05) is 6.08 Å². The van der Waals surface area contributed by atoms with Gasteiger partial charge in [-0.15, -0.1) is 0 Å². The summed E-state index contributed by atoms with van der Waals surface area (Å²) in [6.07, 6.45) is 7.98. The fraction of sp³-hybridized carbons (Fsp3) is 0.261. The summed E-state index contributed by atoms with van der Waals surface area (Å²) in [4.78, 5) is 12.3. The third kappa shape index (κ3) is 3.12. The first-order chi connectivity index (χ1) is 12.8. The highest BCUT2D eigenvalue weighted by Gasteiger charge is 2.13. The number of carbonyl (C=O) groups excluding carboxylic acids is 1. The van der Waals surface area contributed by atoms with Crippen LogP contribution in [-0.2, 0) is 11.3 Å². The SMILES string of the molecule is CCCCCCn1c2ccccc2c2cc([SH]3C=CC(C=O)=C3)ccc21. The van der Waals surface area contributed by atoms with Crippen molar-refractivity contribution < 1.29 is 4.79 Å². The highest BCUT2D eigenvalue weighted by molar-refractivity contribution is 8.22. The maximum Gasteiger partial charge on any atom is 0.150 e. The number of aryl methyl sites for hydroxylation is 1. The summed E-state index contributed by atoms with van der Waals surface area (Å²) in [6, 6.07) is 15.6. The molecule has 0 bridgehead atoms. The molecular weight excluding hydrogens is 338 g/mol. The molecule has 0 saturated heterocycles. The van der Waals surface area contributed by atoms with E-state index in [1.165, 1.54) is 52.4 Å². The van der Waals surface area contributed by atoms with Gasteiger partial charge in [-0.25, -0.2) is 0 Å². The van der Waals surface area contributed by atoms with Crippen LogP contribution in [0.5, 0.6) is 0 Å². The van der Waals surface area contributed by atoms with Crippen molar-refractivity contribution in [3.05, 3.63) is 64.9 Å². The maximum absolute atomic E-state index is 11.0. The van der Waals surface area contributed by atoms with Crippen molar-refractivity contribution in [1.29, 1.82) is 0 Å². The van der Waals surface area contributed by atoms with Gasteiger partial charge < -0.3 is 4.57 Å². The van der Waals surface area contributed by atoms with E-state index in [9.17, 15) is 4.79 Å². The Hall–Kier alpha value is -2.26. The summed E-state index contributed by atoms with van der Waals surface area (Å²) in [5.74, 6) is 0. The van der Waals surface area contributed by atoms with E-state index in [0.29, 0.717) is 0 Å². The van der Waals surface area contributed by atoms with Crippen molar-refractivity contribution in [2.75, 3.05) is 0 Å². The average molecular weight is 364 g/mol. The second-order valence-electron chi connectivity index (χ2n) is 6.90. The van der Waals surface area contributed by atoms with E-state index < -0.39 is 10.9 Å². The number of rotatable bonds is 7. The Bertz CT molecular complexity index is 1010. The van der Waals surface area contributed by atoms with Crippen LogP contribution in [0.2, 0.25) is 0 Å². The number of hydrogen-bond donors (Lipinski definition) is 1. The van der Waals surface area contributed by atoms with Crippen molar-refractivity contribution in [1.82, 2.24) is 4.57 Å². The van der Waals surface area contributed by atoms with Crippen molar-refractivity contribution in [2.45, 2.75) is 44.0 Å². The third-order valence-electron chi connectivity index (χ3n) is 5.14. The number of allylic oxidation sites excluding steroid dienone is 2. The number of carbonyl (C=O) groups is 1. The second-order valence-corrected chi connectivity index (χ2v) is 8.79. The molecule has 0 amide bonds. The molecule has 2 heterocycles. The molecule has 1 aromatic heterocycles. The number of aldehydes is 1. The molecule has 1 aliphatic heterocycles. The van der Waals surface area contributed by atoms with Crippen LogP contribution in [0.3, 0.4) is 0 Å². The Labute approximate surface area is 157 Å². The predicted octanol–water partition coefficient (Wildman–Crippen LogP) is 6.35. The van der Waals surface area contributed by atoms with Gasteiger partial charge in [0.1, 0.15) is 0 Å². The molecule has 1 aliphatic rings. The number of nitrogens with zero attached hydrogens (tertiary/aromatic N) is 1. The zero-order valence-corrected chi connectivity index (χ0v) is 16.1. The van der Waals surface area contributed by atoms with E-state index >= 15 is 0 Å². The zero-order valence-electron chi connectivity index (χ0n) is 15.2. The lowest BCUT2D eigenvalue weighted by Gasteiger charge is -2.11. The van der Waals surface area contributed by atoms with Crippen molar-refractivity contribution >= 4 is 39.0 Å². The molecule has 4 rings (SSSR count). The largest absolute Gasteiger partial charge is 0.340 e. The van der Waals surface area contributed by atoms with Gasteiger partial charge in [-0.2, -0.15) is 10.9 Å². The van der Waals surface area contributed by atoms with Gasteiger partial charge in [0.25, 0.3) is 0 Å². The van der Waals surface area contributed by atoms with Gasteiger partial charge in [0.15, 0.2) is 6.29 Å². The summed E-state index contributed by atoms with van der Waals surface area (Å²) in [5.41, 5.74) is 3.45. The lowest BCUT2D eigenvalue weighted by atomic mass is 10.1. The van der Waals surface area contributed by atoms with Crippen molar-refractivity contribution in [3.63, 3.8) is 0 Å². The molecule has 134 valence electrons. The second kappa shape index (κ2) is 7.55. The molecule has 2 aromatic carbocycles. The first-order valence-electron chi connectivity index (χ1n) is 9.46. The molecule has 3 heteroatoms. The van der Waals surface area contributed by atoms with Crippen LogP contribution in [0.15, 0.2) is 69.8 Å². The molecular formula is C23H25NOS. The monoisotopic (exact) mass is 363 g/mol. The molecule has 26 heavy (non-hydrogen) atoms. The Morgan fingerprint density at radius 1 is 1.00 bits per heavy atom. The van der Waals surface area contributed by atoms with Crippen LogP contribution in [0.1, 0.15) is 32.6 Å². The number of fused-ring (bicyclic) bond motifs is 3. The van der Waals surface area contributed by atoms with Crippen LogP contribution >= 0.6 is 10.9 Å². The summed E-state index contributed by atoms with van der Waals surface area (Å²) >= 11 is 0. The summed E-state index contributed by atoms with van der Waals surface area (Å²) in [5, 5.41) is 6.94. The highest BCUT2D eigenvalue weighted by Crippen LogP contribution is 2.45. The van der Waals surface area contributed by atoms with E-state index in [0.717, 1.165) is 18.4 Å². The van der Waals surface area contributed by atoms with Gasteiger partial charge in [0, 0.05) is 33.9 Å². The van der Waals surface area contributed by atoms with Gasteiger partial charge in [-0.1, -0.05) is 44.4 Å². The number of hydrogen-bond acceptors (Lipinski definition) is 1. The topological polar surface area (TPSA) is 22.0 Å². The van der Waals surface area contributed by atoms with Crippen molar-refractivity contribution in [3.8, 4) is 0 Å². The molecule has 0 N–H and O–H groups in total. The third-order valence-corrected chi connectivity index (χ3v) is 7.06. The first kappa shape index (κ1) is 17.2. The number of aromatic nitrogens is 1. The Morgan fingerprint density at radius 2 is 1.85 bits per heavy atom. The van der Waals surface area contributed by atoms with Gasteiger partial charge >= 0.3 is 0 Å². The maximum atomic E-state index is 11.0. The standard InChI is InChI=1S/C23H25NOS/c1-2-3-4-7-13-24-22-9-6-5-8-20(22)21-15-19(10-11-23(21)24)26-14-12-18(16-25)17-26/h5-6,8-12,14-17,26H,2-4,7,13H2,1H3. The quantitative estimate of drug-likeness (QED) is 0.295. The number of thiol groups is 1. The molecule has 0 saturated carbocycles. The minimum atomic E-state index is -0.504. The van der Waals surface area contributed by atoms with Gasteiger partial charge in [0.05, 0.1) is 0 Å². The van der Waals surface area contributed by atoms with Gasteiger partial charge in [-0.3, -0.25) is 4.79 Å². The molecule has 0 fully saturated rings. The minimum Gasteiger partial charge on any atom is -0.340 e. The Morgan fingerprint density at radius 3 is 2.65 bits per heavy atom. The number of benzene rings is 2. The van der Waals surface area contributed by atoms with E-state index in [1.54, 1.807) is 0 Å². The van der Waals surface area contributed by atoms with E-state index in [-0.39, 0.29) is 0 Å². The molecule has 1 atom stereocenters.